The van der Waals surface area contributed by atoms with E-state index in [-0.39, 0.29) is 18.5 Å². The Morgan fingerprint density at radius 2 is 1.70 bits per heavy atom. The van der Waals surface area contributed by atoms with Gasteiger partial charge >= 0.3 is 5.97 Å². The largest absolute Gasteiger partial charge is 0.458 e. The molecule has 0 aliphatic carbocycles. The fraction of sp³-hybridized carbons (Fsp3) is 0.875. The van der Waals surface area contributed by atoms with E-state index < -0.39 is 17.2 Å². The van der Waals surface area contributed by atoms with Crippen molar-refractivity contribution < 1.29 is 19.4 Å². The molecule has 0 bridgehead atoms. The van der Waals surface area contributed by atoms with E-state index in [0.29, 0.717) is 0 Å². The lowest BCUT2D eigenvalue weighted by Crippen LogP contribution is -2.55. The maximum absolute atomic E-state index is 12.2. The smallest absolute Gasteiger partial charge is 0.340 e. The van der Waals surface area contributed by atoms with Gasteiger partial charge in [0.25, 0.3) is 0 Å². The third-order valence-corrected chi connectivity index (χ3v) is 3.91. The van der Waals surface area contributed by atoms with Crippen molar-refractivity contribution in [2.45, 2.75) is 51.9 Å². The van der Waals surface area contributed by atoms with Gasteiger partial charge in [-0.05, 0) is 41.7 Å². The van der Waals surface area contributed by atoms with E-state index >= 15 is 0 Å². The number of hydrogen-bond acceptors (Lipinski definition) is 6. The Morgan fingerprint density at radius 3 is 2.17 bits per heavy atom. The van der Waals surface area contributed by atoms with Gasteiger partial charge in [-0.25, -0.2) is 4.79 Å². The minimum absolute atomic E-state index is 0.168. The monoisotopic (exact) mass is 329 g/mol. The first-order valence-corrected chi connectivity index (χ1v) is 8.08. The summed E-state index contributed by atoms with van der Waals surface area (Å²) in [4.78, 5) is 28.5. The predicted octanol–water partition coefficient (Wildman–Crippen LogP) is -0.169. The summed E-state index contributed by atoms with van der Waals surface area (Å²) in [6, 6.07) is -0.293. The molecule has 0 unspecified atom stereocenters. The van der Waals surface area contributed by atoms with Crippen molar-refractivity contribution in [2.24, 2.45) is 0 Å². The van der Waals surface area contributed by atoms with Crippen LogP contribution in [0.25, 0.3) is 0 Å². The third-order valence-electron chi connectivity index (χ3n) is 3.91. The number of nitrogens with one attached hydrogen (secondary N) is 1. The molecule has 134 valence electrons. The Morgan fingerprint density at radius 1 is 1.17 bits per heavy atom. The number of carbonyl (C=O) groups is 2. The minimum atomic E-state index is -1.75. The summed E-state index contributed by atoms with van der Waals surface area (Å²) in [5.74, 6) is -0.934. The molecule has 1 rings (SSSR count). The number of piperazine rings is 1. The maximum atomic E-state index is 12.2. The number of rotatable bonds is 5. The number of carbonyl (C=O) groups excluding carboxylic acids is 2. The zero-order valence-corrected chi connectivity index (χ0v) is 15.2. The standard InChI is InChI=1S/C16H31N3O4/c1-12(19-9-7-18(6)8-10-19)13(20)17-11-16(5,22)14(21)23-15(2,3)4/h12,22H,7-11H2,1-6H3,(H,17,20)/t12-,16-/m1/s1. The molecule has 7 heteroatoms. The average molecular weight is 329 g/mol. The van der Waals surface area contributed by atoms with E-state index in [1.807, 2.05) is 6.92 Å². The Bertz CT molecular complexity index is 424. The summed E-state index contributed by atoms with van der Waals surface area (Å²) >= 11 is 0. The van der Waals surface area contributed by atoms with Crippen molar-refractivity contribution in [1.29, 1.82) is 0 Å². The number of esters is 1. The Kier molecular flexibility index (Phi) is 6.56. The van der Waals surface area contributed by atoms with E-state index in [4.69, 9.17) is 4.74 Å². The molecule has 23 heavy (non-hydrogen) atoms. The summed E-state index contributed by atoms with van der Waals surface area (Å²) in [7, 11) is 2.06. The molecule has 2 atom stereocenters. The molecule has 1 amide bonds. The first-order valence-electron chi connectivity index (χ1n) is 8.08. The highest BCUT2D eigenvalue weighted by atomic mass is 16.6. The van der Waals surface area contributed by atoms with Crippen LogP contribution in [0.3, 0.4) is 0 Å². The number of ether oxygens (including phenoxy) is 1. The van der Waals surface area contributed by atoms with E-state index in [0.717, 1.165) is 26.2 Å². The van der Waals surface area contributed by atoms with Crippen LogP contribution in [-0.4, -0.2) is 83.8 Å². The van der Waals surface area contributed by atoms with Gasteiger partial charge in [-0.15, -0.1) is 0 Å². The molecule has 0 aromatic carbocycles. The molecule has 0 spiro atoms. The van der Waals surface area contributed by atoms with Crippen LogP contribution in [0.2, 0.25) is 0 Å². The number of likely N-dealkylation sites (N-methyl/N-ethyl adjacent to an activating group) is 1. The first kappa shape index (κ1) is 19.9. The van der Waals surface area contributed by atoms with Gasteiger partial charge in [-0.2, -0.15) is 0 Å². The van der Waals surface area contributed by atoms with Crippen LogP contribution in [0.5, 0.6) is 0 Å². The van der Waals surface area contributed by atoms with Crippen LogP contribution in [0.1, 0.15) is 34.6 Å². The summed E-state index contributed by atoms with van der Waals surface area (Å²) in [6.07, 6.45) is 0. The lowest BCUT2D eigenvalue weighted by atomic mass is 10.1. The molecule has 1 saturated heterocycles. The molecule has 1 heterocycles. The zero-order valence-electron chi connectivity index (χ0n) is 15.2. The molecule has 0 radical (unpaired) electrons. The Hall–Kier alpha value is -1.18. The molecule has 7 nitrogen and oxygen atoms in total. The fourth-order valence-corrected chi connectivity index (χ4v) is 2.24. The molecule has 0 aromatic rings. The SMILES string of the molecule is C[C@H](C(=O)NC[C@@](C)(O)C(=O)OC(C)(C)C)N1CCN(C)CC1. The normalized spacial score (nSPS) is 21.3. The molecule has 1 fully saturated rings. The number of amides is 1. The molecule has 0 saturated carbocycles. The predicted molar refractivity (Wildman–Crippen MR) is 88.0 cm³/mol. The first-order chi connectivity index (χ1) is 10.4. The van der Waals surface area contributed by atoms with Crippen molar-refractivity contribution in [3.8, 4) is 0 Å². The Balaban J connectivity index is 2.49. The van der Waals surface area contributed by atoms with Gasteiger partial charge in [0.1, 0.15) is 5.60 Å². The highest BCUT2D eigenvalue weighted by Crippen LogP contribution is 2.14. The average Bonchev–Trinajstić information content (AvgIpc) is 2.43. The van der Waals surface area contributed by atoms with E-state index in [9.17, 15) is 14.7 Å². The molecule has 1 aliphatic heterocycles. The van der Waals surface area contributed by atoms with Gasteiger partial charge in [-0.3, -0.25) is 9.69 Å². The molecule has 1 aliphatic rings. The second kappa shape index (κ2) is 7.59. The van der Waals surface area contributed by atoms with Crippen molar-refractivity contribution in [3.05, 3.63) is 0 Å². The van der Waals surface area contributed by atoms with Crippen LogP contribution in [0.15, 0.2) is 0 Å². The van der Waals surface area contributed by atoms with Crippen LogP contribution in [0.4, 0.5) is 0 Å². The number of aliphatic hydroxyl groups is 1. The molecule has 2 N–H and O–H groups in total. The van der Waals surface area contributed by atoms with E-state index in [2.05, 4.69) is 22.2 Å². The minimum Gasteiger partial charge on any atom is -0.458 e. The van der Waals surface area contributed by atoms with Gasteiger partial charge in [0.15, 0.2) is 5.60 Å². The highest BCUT2D eigenvalue weighted by Gasteiger charge is 2.36. The molecule has 0 aromatic heterocycles. The second-order valence-corrected chi connectivity index (χ2v) is 7.51. The van der Waals surface area contributed by atoms with Crippen LogP contribution in [0, 0.1) is 0 Å². The lowest BCUT2D eigenvalue weighted by Gasteiger charge is -2.36. The quantitative estimate of drug-likeness (QED) is 0.682. The number of hydrogen-bond donors (Lipinski definition) is 2. The third kappa shape index (κ3) is 6.45. The van der Waals surface area contributed by atoms with Crippen molar-refractivity contribution in [3.63, 3.8) is 0 Å². The summed E-state index contributed by atoms with van der Waals surface area (Å²) in [5.41, 5.74) is -2.43. The van der Waals surface area contributed by atoms with Crippen molar-refractivity contribution in [2.75, 3.05) is 39.8 Å². The van der Waals surface area contributed by atoms with Gasteiger partial charge in [-0.1, -0.05) is 0 Å². The topological polar surface area (TPSA) is 82.1 Å². The van der Waals surface area contributed by atoms with E-state index in [1.54, 1.807) is 20.8 Å². The summed E-state index contributed by atoms with van der Waals surface area (Å²) in [5, 5.41) is 12.9. The Labute approximate surface area is 139 Å². The van der Waals surface area contributed by atoms with Crippen molar-refractivity contribution >= 4 is 11.9 Å². The summed E-state index contributed by atoms with van der Waals surface area (Å²) < 4.78 is 5.17. The highest BCUT2D eigenvalue weighted by molar-refractivity contribution is 5.84. The van der Waals surface area contributed by atoms with Crippen molar-refractivity contribution in [1.82, 2.24) is 15.1 Å². The van der Waals surface area contributed by atoms with Crippen LogP contribution < -0.4 is 5.32 Å². The van der Waals surface area contributed by atoms with Gasteiger partial charge in [0.05, 0.1) is 12.6 Å². The molecular weight excluding hydrogens is 298 g/mol. The van der Waals surface area contributed by atoms with Gasteiger partial charge in [0.2, 0.25) is 5.91 Å². The zero-order chi connectivity index (χ0) is 17.8. The molecular formula is C16H31N3O4. The van der Waals surface area contributed by atoms with Gasteiger partial charge in [0, 0.05) is 26.2 Å². The van der Waals surface area contributed by atoms with E-state index in [1.165, 1.54) is 6.92 Å². The lowest BCUT2D eigenvalue weighted by molar-refractivity contribution is -0.175. The van der Waals surface area contributed by atoms with Crippen LogP contribution in [-0.2, 0) is 14.3 Å². The maximum Gasteiger partial charge on any atom is 0.340 e. The summed E-state index contributed by atoms with van der Waals surface area (Å²) in [6.45, 7) is 11.7. The second-order valence-electron chi connectivity index (χ2n) is 7.51. The number of nitrogens with zero attached hydrogens (tertiary/aromatic N) is 2. The van der Waals surface area contributed by atoms with Gasteiger partial charge < -0.3 is 20.1 Å². The van der Waals surface area contributed by atoms with Crippen LogP contribution >= 0.6 is 0 Å². The fourth-order valence-electron chi connectivity index (χ4n) is 2.24.